The highest BCUT2D eigenvalue weighted by atomic mass is 35.5. The molecule has 0 bridgehead atoms. The molecule has 0 radical (unpaired) electrons. The number of nitrogens with one attached hydrogen (secondary N) is 1. The van der Waals surface area contributed by atoms with Gasteiger partial charge in [-0.1, -0.05) is 54.1 Å². The molecule has 0 aromatic heterocycles. The van der Waals surface area contributed by atoms with Crippen molar-refractivity contribution in [2.45, 2.75) is 12.3 Å². The predicted octanol–water partition coefficient (Wildman–Crippen LogP) is 2.81. The van der Waals surface area contributed by atoms with Crippen LogP contribution in [0.3, 0.4) is 0 Å². The van der Waals surface area contributed by atoms with Crippen LogP contribution in [0, 0.1) is 0 Å². The van der Waals surface area contributed by atoms with Gasteiger partial charge in [0.05, 0.1) is 6.21 Å². The first-order valence-electron chi connectivity index (χ1n) is 8.02. The van der Waals surface area contributed by atoms with Gasteiger partial charge in [0.25, 0.3) is 5.91 Å². The van der Waals surface area contributed by atoms with Crippen molar-refractivity contribution in [3.8, 4) is 0 Å². The zero-order valence-corrected chi connectivity index (χ0v) is 14.3. The second-order valence-electron chi connectivity index (χ2n) is 5.93. The van der Waals surface area contributed by atoms with Gasteiger partial charge in [-0.25, -0.2) is 5.43 Å². The lowest BCUT2D eigenvalue weighted by atomic mass is 9.99. The van der Waals surface area contributed by atoms with Crippen LogP contribution in [0.2, 0.25) is 5.02 Å². The number of rotatable bonds is 5. The molecule has 2 amide bonds. The molecule has 1 saturated heterocycles. The van der Waals surface area contributed by atoms with Crippen LogP contribution >= 0.6 is 11.6 Å². The maximum Gasteiger partial charge on any atom is 0.259 e. The molecule has 2 aromatic rings. The molecule has 5 nitrogen and oxygen atoms in total. The molecule has 1 N–H and O–H groups in total. The minimum atomic E-state index is -0.313. The summed E-state index contributed by atoms with van der Waals surface area (Å²) in [5.74, 6) is -0.183. The molecule has 0 spiro atoms. The van der Waals surface area contributed by atoms with Gasteiger partial charge in [-0.2, -0.15) is 5.10 Å². The topological polar surface area (TPSA) is 61.8 Å². The standard InChI is InChI=1S/C19H18ClN3O2/c20-17-8-6-14(7-9-17)11-21-22-18(24)13-23-12-16(10-19(23)25)15-4-2-1-3-5-15/h1-9,11,16H,10,12-13H2,(H,22,24)/b21-11-/t16-/m1/s1. The molecule has 1 heterocycles. The van der Waals surface area contributed by atoms with E-state index in [1.807, 2.05) is 30.3 Å². The summed E-state index contributed by atoms with van der Waals surface area (Å²) < 4.78 is 0. The van der Waals surface area contributed by atoms with Crippen LogP contribution in [0.4, 0.5) is 0 Å². The number of nitrogens with zero attached hydrogens (tertiary/aromatic N) is 2. The summed E-state index contributed by atoms with van der Waals surface area (Å²) in [7, 11) is 0. The van der Waals surface area contributed by atoms with Gasteiger partial charge in [0.1, 0.15) is 6.54 Å². The molecule has 1 aliphatic heterocycles. The van der Waals surface area contributed by atoms with Crippen LogP contribution in [-0.4, -0.2) is 36.0 Å². The van der Waals surface area contributed by atoms with Gasteiger partial charge >= 0.3 is 0 Å². The Morgan fingerprint density at radius 1 is 1.20 bits per heavy atom. The normalized spacial score (nSPS) is 17.2. The van der Waals surface area contributed by atoms with Gasteiger partial charge in [-0.05, 0) is 23.3 Å². The molecule has 128 valence electrons. The Bertz CT molecular complexity index is 775. The highest BCUT2D eigenvalue weighted by molar-refractivity contribution is 6.30. The largest absolute Gasteiger partial charge is 0.333 e. The number of benzene rings is 2. The van der Waals surface area contributed by atoms with Crippen LogP contribution in [-0.2, 0) is 9.59 Å². The van der Waals surface area contributed by atoms with E-state index in [4.69, 9.17) is 11.6 Å². The third-order valence-electron chi connectivity index (χ3n) is 4.09. The lowest BCUT2D eigenvalue weighted by molar-refractivity contribution is -0.133. The van der Waals surface area contributed by atoms with Gasteiger partial charge in [0.15, 0.2) is 0 Å². The van der Waals surface area contributed by atoms with Crippen molar-refractivity contribution in [1.29, 1.82) is 0 Å². The van der Waals surface area contributed by atoms with E-state index < -0.39 is 0 Å². The second kappa shape index (κ2) is 7.94. The van der Waals surface area contributed by atoms with Gasteiger partial charge in [-0.3, -0.25) is 9.59 Å². The molecule has 0 unspecified atom stereocenters. The van der Waals surface area contributed by atoms with Crippen LogP contribution in [0.5, 0.6) is 0 Å². The fourth-order valence-corrected chi connectivity index (χ4v) is 2.94. The maximum absolute atomic E-state index is 12.1. The number of hydrogen-bond donors (Lipinski definition) is 1. The number of carbonyl (C=O) groups excluding carboxylic acids is 2. The average Bonchev–Trinajstić information content (AvgIpc) is 2.98. The number of likely N-dealkylation sites (tertiary alicyclic amines) is 1. The molecule has 3 rings (SSSR count). The summed E-state index contributed by atoms with van der Waals surface area (Å²) in [4.78, 5) is 25.7. The molecule has 1 atom stereocenters. The lowest BCUT2D eigenvalue weighted by Crippen LogP contribution is -2.36. The summed E-state index contributed by atoms with van der Waals surface area (Å²) in [6.45, 7) is 0.567. The van der Waals surface area contributed by atoms with E-state index >= 15 is 0 Å². The zero-order valence-electron chi connectivity index (χ0n) is 13.6. The van der Waals surface area contributed by atoms with E-state index in [0.29, 0.717) is 18.0 Å². The van der Waals surface area contributed by atoms with E-state index in [1.165, 1.54) is 6.21 Å². The molecule has 25 heavy (non-hydrogen) atoms. The lowest BCUT2D eigenvalue weighted by Gasteiger charge is -2.15. The number of hydrazone groups is 1. The van der Waals surface area contributed by atoms with E-state index in [-0.39, 0.29) is 24.3 Å². The number of amides is 2. The summed E-state index contributed by atoms with van der Waals surface area (Å²) in [5.41, 5.74) is 4.40. The SMILES string of the molecule is O=C(CN1C[C@H](c2ccccc2)CC1=O)N/N=C\c1ccc(Cl)cc1. The van der Waals surface area contributed by atoms with E-state index in [1.54, 1.807) is 29.2 Å². The number of hydrogen-bond acceptors (Lipinski definition) is 3. The monoisotopic (exact) mass is 355 g/mol. The van der Waals surface area contributed by atoms with Crippen molar-refractivity contribution in [1.82, 2.24) is 10.3 Å². The van der Waals surface area contributed by atoms with Crippen molar-refractivity contribution in [2.24, 2.45) is 5.10 Å². The molecular formula is C19H18ClN3O2. The Morgan fingerprint density at radius 3 is 2.64 bits per heavy atom. The van der Waals surface area contributed by atoms with E-state index in [9.17, 15) is 9.59 Å². The Morgan fingerprint density at radius 2 is 1.92 bits per heavy atom. The van der Waals surface area contributed by atoms with Gasteiger partial charge in [0.2, 0.25) is 5.91 Å². The van der Waals surface area contributed by atoms with Crippen LogP contribution in [0.15, 0.2) is 59.7 Å². The summed E-state index contributed by atoms with van der Waals surface area (Å²) in [6, 6.07) is 17.0. The average molecular weight is 356 g/mol. The fourth-order valence-electron chi connectivity index (χ4n) is 2.81. The van der Waals surface area contributed by atoms with Crippen molar-refractivity contribution in [3.63, 3.8) is 0 Å². The van der Waals surface area contributed by atoms with Crippen LogP contribution in [0.25, 0.3) is 0 Å². The Labute approximate surface area is 151 Å². The Hall–Kier alpha value is -2.66. The molecule has 6 heteroatoms. The van der Waals surface area contributed by atoms with Crippen molar-refractivity contribution >= 4 is 29.6 Å². The molecular weight excluding hydrogens is 338 g/mol. The number of carbonyl (C=O) groups is 2. The quantitative estimate of drug-likeness (QED) is 0.662. The zero-order chi connectivity index (χ0) is 17.6. The second-order valence-corrected chi connectivity index (χ2v) is 6.37. The van der Waals surface area contributed by atoms with Crippen molar-refractivity contribution < 1.29 is 9.59 Å². The third-order valence-corrected chi connectivity index (χ3v) is 4.34. The van der Waals surface area contributed by atoms with Crippen LogP contribution in [0.1, 0.15) is 23.5 Å². The first-order valence-corrected chi connectivity index (χ1v) is 8.40. The van der Waals surface area contributed by atoms with E-state index in [0.717, 1.165) is 11.1 Å². The van der Waals surface area contributed by atoms with Gasteiger partial charge in [0, 0.05) is 23.9 Å². The Kier molecular flexibility index (Phi) is 5.46. The van der Waals surface area contributed by atoms with E-state index in [2.05, 4.69) is 10.5 Å². The van der Waals surface area contributed by atoms with Crippen molar-refractivity contribution in [2.75, 3.05) is 13.1 Å². The number of halogens is 1. The fraction of sp³-hybridized carbons (Fsp3) is 0.211. The first kappa shape index (κ1) is 17.2. The minimum Gasteiger partial charge on any atom is -0.333 e. The molecule has 0 aliphatic carbocycles. The molecule has 0 saturated carbocycles. The Balaban J connectivity index is 1.51. The third kappa shape index (κ3) is 4.67. The summed E-state index contributed by atoms with van der Waals surface area (Å²) >= 11 is 5.81. The highest BCUT2D eigenvalue weighted by Crippen LogP contribution is 2.27. The summed E-state index contributed by atoms with van der Waals surface area (Å²) in [5, 5.41) is 4.55. The first-order chi connectivity index (χ1) is 12.1. The molecule has 1 aliphatic rings. The predicted molar refractivity (Wildman–Crippen MR) is 97.6 cm³/mol. The van der Waals surface area contributed by atoms with Crippen LogP contribution < -0.4 is 5.43 Å². The maximum atomic E-state index is 12.1. The van der Waals surface area contributed by atoms with Crippen molar-refractivity contribution in [3.05, 3.63) is 70.7 Å². The minimum absolute atomic E-state index is 0.00863. The summed E-state index contributed by atoms with van der Waals surface area (Å²) in [6.07, 6.45) is 1.97. The van der Waals surface area contributed by atoms with Gasteiger partial charge in [-0.15, -0.1) is 0 Å². The molecule has 1 fully saturated rings. The highest BCUT2D eigenvalue weighted by Gasteiger charge is 2.31. The molecule has 2 aromatic carbocycles. The van der Waals surface area contributed by atoms with Gasteiger partial charge < -0.3 is 4.90 Å². The smallest absolute Gasteiger partial charge is 0.259 e.